The van der Waals surface area contributed by atoms with Gasteiger partial charge >= 0.3 is 0 Å². The second kappa shape index (κ2) is 4.53. The van der Waals surface area contributed by atoms with Crippen LogP contribution in [0.4, 0.5) is 0 Å². The predicted molar refractivity (Wildman–Crippen MR) is 67.3 cm³/mol. The fourth-order valence-electron chi connectivity index (χ4n) is 1.83. The van der Waals surface area contributed by atoms with Crippen LogP contribution in [-0.2, 0) is 4.79 Å². The van der Waals surface area contributed by atoms with Crippen molar-refractivity contribution in [2.45, 2.75) is 12.8 Å². The molecule has 1 fully saturated rings. The summed E-state index contributed by atoms with van der Waals surface area (Å²) in [5.41, 5.74) is 1.56. The van der Waals surface area contributed by atoms with Crippen LogP contribution in [0.3, 0.4) is 0 Å². The molecule has 0 saturated carbocycles. The van der Waals surface area contributed by atoms with Gasteiger partial charge in [0.2, 0.25) is 11.7 Å². The molecule has 1 unspecified atom stereocenters. The number of hydrogen-bond donors (Lipinski definition) is 0. The van der Waals surface area contributed by atoms with E-state index in [1.807, 2.05) is 25.1 Å². The first kappa shape index (κ1) is 11.4. The van der Waals surface area contributed by atoms with Gasteiger partial charge in [-0.05, 0) is 19.1 Å². The summed E-state index contributed by atoms with van der Waals surface area (Å²) in [6.45, 7) is 1.90. The van der Waals surface area contributed by atoms with Crippen LogP contribution in [0.2, 0.25) is 0 Å². The summed E-state index contributed by atoms with van der Waals surface area (Å²) in [7, 11) is 0. The Hall–Kier alpha value is -1.69. The molecule has 1 aliphatic heterocycles. The highest BCUT2D eigenvalue weighted by Gasteiger charge is 2.31. The van der Waals surface area contributed by atoms with Crippen LogP contribution in [-0.4, -0.2) is 32.4 Å². The molecule has 5 nitrogen and oxygen atoms in total. The van der Waals surface area contributed by atoms with Crippen molar-refractivity contribution in [1.29, 1.82) is 0 Å². The van der Waals surface area contributed by atoms with Crippen molar-refractivity contribution in [3.05, 3.63) is 29.8 Å². The van der Waals surface area contributed by atoms with E-state index in [1.165, 1.54) is 0 Å². The Morgan fingerprint density at radius 1 is 1.39 bits per heavy atom. The molecular formula is C12H11N3O2S. The number of hydrogen-bond acceptors (Lipinski definition) is 6. The van der Waals surface area contributed by atoms with Crippen LogP contribution in [0.5, 0.6) is 0 Å². The number of thioether (sulfide) groups is 1. The van der Waals surface area contributed by atoms with Gasteiger partial charge in [0, 0.05) is 11.4 Å². The Balaban J connectivity index is 1.92. The van der Waals surface area contributed by atoms with E-state index in [0.717, 1.165) is 11.4 Å². The minimum Gasteiger partial charge on any atom is -0.338 e. The van der Waals surface area contributed by atoms with Crippen molar-refractivity contribution in [1.82, 2.24) is 15.1 Å². The first-order valence-electron chi connectivity index (χ1n) is 5.62. The largest absolute Gasteiger partial charge is 0.338 e. The zero-order valence-electron chi connectivity index (χ0n) is 9.79. The number of nitrogens with zero attached hydrogens (tertiary/aromatic N) is 3. The van der Waals surface area contributed by atoms with Gasteiger partial charge in [-0.1, -0.05) is 11.2 Å². The lowest BCUT2D eigenvalue weighted by Gasteiger charge is -1.97. The normalized spacial score (nSPS) is 19.4. The Bertz CT molecular complexity index is 597. The van der Waals surface area contributed by atoms with E-state index in [9.17, 15) is 4.79 Å². The van der Waals surface area contributed by atoms with E-state index in [4.69, 9.17) is 4.52 Å². The number of carbonyl (C=O) groups is 1. The lowest BCUT2D eigenvalue weighted by atomic mass is 10.1. The molecule has 0 radical (unpaired) electrons. The Kier molecular flexibility index (Phi) is 2.87. The number of rotatable bonds is 2. The maximum atomic E-state index is 11.6. The highest BCUT2D eigenvalue weighted by molar-refractivity contribution is 8.00. The molecular weight excluding hydrogens is 250 g/mol. The molecule has 6 heteroatoms. The molecule has 0 amide bonds. The molecule has 1 aliphatic rings. The van der Waals surface area contributed by atoms with E-state index < -0.39 is 0 Å². The molecule has 2 aromatic heterocycles. The zero-order valence-corrected chi connectivity index (χ0v) is 10.6. The molecule has 3 heterocycles. The number of aromatic nitrogens is 3. The average Bonchev–Trinajstić information content (AvgIpc) is 2.97. The molecule has 0 N–H and O–H groups in total. The SMILES string of the molecule is Cc1cccc(-c2noc(C3CSCC3=O)n2)n1. The topological polar surface area (TPSA) is 68.9 Å². The van der Waals surface area contributed by atoms with E-state index >= 15 is 0 Å². The molecule has 3 rings (SSSR count). The number of pyridine rings is 1. The lowest BCUT2D eigenvalue weighted by molar-refractivity contribution is -0.117. The molecule has 0 spiro atoms. The maximum Gasteiger partial charge on any atom is 0.238 e. The molecule has 1 atom stereocenters. The van der Waals surface area contributed by atoms with Crippen molar-refractivity contribution in [2.24, 2.45) is 0 Å². The van der Waals surface area contributed by atoms with Gasteiger partial charge in [0.25, 0.3) is 0 Å². The van der Waals surface area contributed by atoms with Crippen LogP contribution in [0.15, 0.2) is 22.7 Å². The third-order valence-corrected chi connectivity index (χ3v) is 3.83. The Labute approximate surface area is 108 Å². The van der Waals surface area contributed by atoms with Crippen LogP contribution in [0.25, 0.3) is 11.5 Å². The van der Waals surface area contributed by atoms with Crippen molar-refractivity contribution in [3.8, 4) is 11.5 Å². The molecule has 1 saturated heterocycles. The van der Waals surface area contributed by atoms with Crippen molar-refractivity contribution in [2.75, 3.05) is 11.5 Å². The quantitative estimate of drug-likeness (QED) is 0.821. The fraction of sp³-hybridized carbons (Fsp3) is 0.333. The first-order valence-corrected chi connectivity index (χ1v) is 6.77. The average molecular weight is 261 g/mol. The van der Waals surface area contributed by atoms with Gasteiger partial charge < -0.3 is 4.52 Å². The Morgan fingerprint density at radius 2 is 2.28 bits per heavy atom. The van der Waals surface area contributed by atoms with Gasteiger partial charge in [0.1, 0.15) is 11.6 Å². The van der Waals surface area contributed by atoms with Gasteiger partial charge in [0.05, 0.1) is 5.75 Å². The van der Waals surface area contributed by atoms with Crippen LogP contribution in [0.1, 0.15) is 17.5 Å². The number of carbonyl (C=O) groups excluding carboxylic acids is 1. The van der Waals surface area contributed by atoms with Crippen molar-refractivity contribution < 1.29 is 9.32 Å². The van der Waals surface area contributed by atoms with Gasteiger partial charge in [-0.2, -0.15) is 16.7 Å². The fourth-order valence-corrected chi connectivity index (χ4v) is 2.91. The highest BCUT2D eigenvalue weighted by Crippen LogP contribution is 2.29. The van der Waals surface area contributed by atoms with E-state index in [-0.39, 0.29) is 11.7 Å². The van der Waals surface area contributed by atoms with Gasteiger partial charge in [-0.3, -0.25) is 4.79 Å². The number of ketones is 1. The van der Waals surface area contributed by atoms with Crippen LogP contribution in [0, 0.1) is 6.92 Å². The lowest BCUT2D eigenvalue weighted by Crippen LogP contribution is -2.09. The minimum atomic E-state index is -0.249. The summed E-state index contributed by atoms with van der Waals surface area (Å²) in [6.07, 6.45) is 0. The standard InChI is InChI=1S/C12H11N3O2S/c1-7-3-2-4-9(13-7)11-14-12(17-15-11)8-5-18-6-10(8)16/h2-4,8H,5-6H2,1H3. The van der Waals surface area contributed by atoms with E-state index in [1.54, 1.807) is 11.8 Å². The summed E-state index contributed by atoms with van der Waals surface area (Å²) < 4.78 is 5.18. The van der Waals surface area contributed by atoms with Crippen molar-refractivity contribution in [3.63, 3.8) is 0 Å². The summed E-state index contributed by atoms with van der Waals surface area (Å²) in [5.74, 6) is 2.02. The summed E-state index contributed by atoms with van der Waals surface area (Å²) in [4.78, 5) is 20.2. The monoisotopic (exact) mass is 261 g/mol. The maximum absolute atomic E-state index is 11.6. The summed E-state index contributed by atoms with van der Waals surface area (Å²) in [5, 5.41) is 3.90. The zero-order chi connectivity index (χ0) is 12.5. The molecule has 92 valence electrons. The molecule has 2 aromatic rings. The van der Waals surface area contributed by atoms with Crippen LogP contribution >= 0.6 is 11.8 Å². The van der Waals surface area contributed by atoms with Gasteiger partial charge in [-0.25, -0.2) is 4.98 Å². The highest BCUT2D eigenvalue weighted by atomic mass is 32.2. The summed E-state index contributed by atoms with van der Waals surface area (Å²) >= 11 is 1.60. The van der Waals surface area contributed by atoms with Crippen LogP contribution < -0.4 is 0 Å². The molecule has 0 aliphatic carbocycles. The summed E-state index contributed by atoms with van der Waals surface area (Å²) in [6, 6.07) is 5.62. The molecule has 0 aromatic carbocycles. The number of Topliss-reactive ketones (excluding diaryl/α,β-unsaturated/α-hetero) is 1. The second-order valence-corrected chi connectivity index (χ2v) is 5.18. The van der Waals surface area contributed by atoms with E-state index in [2.05, 4.69) is 15.1 Å². The third kappa shape index (κ3) is 2.03. The second-order valence-electron chi connectivity index (χ2n) is 4.15. The smallest absolute Gasteiger partial charge is 0.238 e. The number of aryl methyl sites for hydroxylation is 1. The van der Waals surface area contributed by atoms with E-state index in [0.29, 0.717) is 23.2 Å². The van der Waals surface area contributed by atoms with Crippen molar-refractivity contribution >= 4 is 17.5 Å². The predicted octanol–water partition coefficient (Wildman–Crippen LogP) is 1.84. The molecule has 18 heavy (non-hydrogen) atoms. The third-order valence-electron chi connectivity index (χ3n) is 2.77. The van der Waals surface area contributed by atoms with Gasteiger partial charge in [-0.15, -0.1) is 0 Å². The van der Waals surface area contributed by atoms with Gasteiger partial charge in [0.15, 0.2) is 5.78 Å². The Morgan fingerprint density at radius 3 is 3.00 bits per heavy atom. The first-order chi connectivity index (χ1) is 8.74. The molecule has 0 bridgehead atoms. The minimum absolute atomic E-state index is 0.160.